The van der Waals surface area contributed by atoms with Gasteiger partial charge >= 0.3 is 5.97 Å². The van der Waals surface area contributed by atoms with Gasteiger partial charge in [-0.1, -0.05) is 54.6 Å². The monoisotopic (exact) mass is 327 g/mol. The molecule has 0 spiro atoms. The fourth-order valence-electron chi connectivity index (χ4n) is 2.37. The molecule has 126 valence electrons. The van der Waals surface area contributed by atoms with Gasteiger partial charge < -0.3 is 15.2 Å². The summed E-state index contributed by atoms with van der Waals surface area (Å²) in [5, 5.41) is 11.6. The molecule has 5 heteroatoms. The lowest BCUT2D eigenvalue weighted by Crippen LogP contribution is -2.42. The molecule has 0 aliphatic rings. The molecule has 0 radical (unpaired) electrons. The SMILES string of the molecule is COCCC(NC(=O)Cc1ccc(-c2ccccc2)cc1)C(=O)O. The summed E-state index contributed by atoms with van der Waals surface area (Å²) in [4.78, 5) is 23.2. The molecule has 0 saturated heterocycles. The highest BCUT2D eigenvalue weighted by molar-refractivity contribution is 5.85. The molecule has 5 nitrogen and oxygen atoms in total. The van der Waals surface area contributed by atoms with Gasteiger partial charge in [0.1, 0.15) is 6.04 Å². The van der Waals surface area contributed by atoms with Crippen molar-refractivity contribution in [2.75, 3.05) is 13.7 Å². The van der Waals surface area contributed by atoms with Gasteiger partial charge in [0.15, 0.2) is 0 Å². The van der Waals surface area contributed by atoms with Gasteiger partial charge in [-0.15, -0.1) is 0 Å². The van der Waals surface area contributed by atoms with Gasteiger partial charge in [-0.25, -0.2) is 4.79 Å². The zero-order valence-electron chi connectivity index (χ0n) is 13.6. The first-order valence-corrected chi connectivity index (χ1v) is 7.75. The maximum Gasteiger partial charge on any atom is 0.326 e. The minimum atomic E-state index is -1.06. The molecule has 1 atom stereocenters. The van der Waals surface area contributed by atoms with E-state index >= 15 is 0 Å². The van der Waals surface area contributed by atoms with E-state index in [1.54, 1.807) is 0 Å². The molecule has 0 heterocycles. The number of aliphatic carboxylic acids is 1. The predicted molar refractivity (Wildman–Crippen MR) is 91.6 cm³/mol. The Kier molecular flexibility index (Phi) is 6.51. The number of carbonyl (C=O) groups is 2. The standard InChI is InChI=1S/C19H21NO4/c1-24-12-11-17(19(22)23)20-18(21)13-14-7-9-16(10-8-14)15-5-3-2-4-6-15/h2-10,17H,11-13H2,1H3,(H,20,21)(H,22,23). The van der Waals surface area contributed by atoms with Crippen LogP contribution in [0, 0.1) is 0 Å². The first kappa shape index (κ1) is 17.7. The van der Waals surface area contributed by atoms with E-state index in [4.69, 9.17) is 9.84 Å². The summed E-state index contributed by atoms with van der Waals surface area (Å²) >= 11 is 0. The average Bonchev–Trinajstić information content (AvgIpc) is 2.59. The van der Waals surface area contributed by atoms with Crippen molar-refractivity contribution in [1.82, 2.24) is 5.32 Å². The molecule has 2 aromatic rings. The van der Waals surface area contributed by atoms with E-state index in [2.05, 4.69) is 5.32 Å². The second-order valence-corrected chi connectivity index (χ2v) is 5.48. The molecule has 0 aromatic heterocycles. The molecule has 2 N–H and O–H groups in total. The number of carboxylic acids is 1. The summed E-state index contributed by atoms with van der Waals surface area (Å²) in [7, 11) is 1.50. The highest BCUT2D eigenvalue weighted by Crippen LogP contribution is 2.19. The molecule has 24 heavy (non-hydrogen) atoms. The number of rotatable bonds is 8. The lowest BCUT2D eigenvalue weighted by Gasteiger charge is -2.14. The van der Waals surface area contributed by atoms with E-state index in [0.717, 1.165) is 16.7 Å². The van der Waals surface area contributed by atoms with Crippen molar-refractivity contribution < 1.29 is 19.4 Å². The highest BCUT2D eigenvalue weighted by Gasteiger charge is 2.19. The third-order valence-corrected chi connectivity index (χ3v) is 3.67. The van der Waals surface area contributed by atoms with E-state index in [1.807, 2.05) is 54.6 Å². The minimum absolute atomic E-state index is 0.145. The van der Waals surface area contributed by atoms with E-state index in [9.17, 15) is 9.59 Å². The summed E-state index contributed by atoms with van der Waals surface area (Å²) < 4.78 is 4.86. The second kappa shape index (κ2) is 8.84. The number of methoxy groups -OCH3 is 1. The largest absolute Gasteiger partial charge is 0.480 e. The summed E-state index contributed by atoms with van der Waals surface area (Å²) in [5.74, 6) is -1.37. The average molecular weight is 327 g/mol. The molecule has 2 rings (SSSR count). The molecule has 0 fully saturated rings. The van der Waals surface area contributed by atoms with Gasteiger partial charge in [0.25, 0.3) is 0 Å². The van der Waals surface area contributed by atoms with Gasteiger partial charge in [0.2, 0.25) is 5.91 Å². The normalized spacial score (nSPS) is 11.7. The van der Waals surface area contributed by atoms with Gasteiger partial charge in [-0.2, -0.15) is 0 Å². The number of ether oxygens (including phenoxy) is 1. The van der Waals surface area contributed by atoms with Crippen LogP contribution in [0.4, 0.5) is 0 Å². The Morgan fingerprint density at radius 3 is 2.25 bits per heavy atom. The molecule has 0 aliphatic carbocycles. The maximum atomic E-state index is 12.0. The minimum Gasteiger partial charge on any atom is -0.480 e. The lowest BCUT2D eigenvalue weighted by molar-refractivity contribution is -0.142. The number of nitrogens with one attached hydrogen (secondary N) is 1. The number of hydrogen-bond acceptors (Lipinski definition) is 3. The quantitative estimate of drug-likeness (QED) is 0.781. The number of amides is 1. The Morgan fingerprint density at radius 1 is 1.04 bits per heavy atom. The van der Waals surface area contributed by atoms with Gasteiger partial charge in [0.05, 0.1) is 6.42 Å². The van der Waals surface area contributed by atoms with Crippen molar-refractivity contribution in [2.45, 2.75) is 18.9 Å². The summed E-state index contributed by atoms with van der Waals surface area (Å²) in [6.45, 7) is 0.281. The third kappa shape index (κ3) is 5.21. The van der Waals surface area contributed by atoms with E-state index in [-0.39, 0.29) is 25.4 Å². The van der Waals surface area contributed by atoms with Crippen molar-refractivity contribution in [3.05, 3.63) is 60.2 Å². The van der Waals surface area contributed by atoms with Crippen LogP contribution in [0.15, 0.2) is 54.6 Å². The van der Waals surface area contributed by atoms with Crippen molar-refractivity contribution in [3.8, 4) is 11.1 Å². The van der Waals surface area contributed by atoms with Crippen LogP contribution in [0.5, 0.6) is 0 Å². The van der Waals surface area contributed by atoms with Crippen LogP contribution >= 0.6 is 0 Å². The Balaban J connectivity index is 1.95. The first-order valence-electron chi connectivity index (χ1n) is 7.75. The van der Waals surface area contributed by atoms with Crippen molar-refractivity contribution in [2.24, 2.45) is 0 Å². The molecule has 2 aromatic carbocycles. The Labute approximate surface area is 141 Å². The van der Waals surface area contributed by atoms with Crippen LogP contribution in [0.3, 0.4) is 0 Å². The zero-order chi connectivity index (χ0) is 17.4. The van der Waals surface area contributed by atoms with Crippen LogP contribution in [0.25, 0.3) is 11.1 Å². The third-order valence-electron chi connectivity index (χ3n) is 3.67. The number of carbonyl (C=O) groups excluding carboxylic acids is 1. The predicted octanol–water partition coefficient (Wildman–Crippen LogP) is 2.50. The molecular weight excluding hydrogens is 306 g/mol. The maximum absolute atomic E-state index is 12.0. The summed E-state index contributed by atoms with van der Waals surface area (Å²) in [5.41, 5.74) is 3.02. The van der Waals surface area contributed by atoms with Gasteiger partial charge in [-0.05, 0) is 16.7 Å². The van der Waals surface area contributed by atoms with Crippen molar-refractivity contribution >= 4 is 11.9 Å². The van der Waals surface area contributed by atoms with Gasteiger partial charge in [-0.3, -0.25) is 4.79 Å². The Morgan fingerprint density at radius 2 is 1.67 bits per heavy atom. The molecule has 1 amide bonds. The fourth-order valence-corrected chi connectivity index (χ4v) is 2.37. The topological polar surface area (TPSA) is 75.6 Å². The van der Waals surface area contributed by atoms with Crippen LogP contribution in [0.2, 0.25) is 0 Å². The zero-order valence-corrected chi connectivity index (χ0v) is 13.6. The molecule has 1 unspecified atom stereocenters. The highest BCUT2D eigenvalue weighted by atomic mass is 16.5. The number of benzene rings is 2. The summed E-state index contributed by atoms with van der Waals surface area (Å²) in [6.07, 6.45) is 0.385. The van der Waals surface area contributed by atoms with E-state index in [0.29, 0.717) is 0 Å². The van der Waals surface area contributed by atoms with Crippen molar-refractivity contribution in [3.63, 3.8) is 0 Å². The first-order chi connectivity index (χ1) is 11.6. The number of hydrogen-bond donors (Lipinski definition) is 2. The summed E-state index contributed by atoms with van der Waals surface area (Å²) in [6, 6.07) is 16.7. The Bertz CT molecular complexity index is 668. The fraction of sp³-hybridized carbons (Fsp3) is 0.263. The van der Waals surface area contributed by atoms with Crippen LogP contribution in [-0.2, 0) is 20.7 Å². The van der Waals surface area contributed by atoms with Crippen LogP contribution in [0.1, 0.15) is 12.0 Å². The van der Waals surface area contributed by atoms with E-state index < -0.39 is 12.0 Å². The molecule has 0 aliphatic heterocycles. The second-order valence-electron chi connectivity index (χ2n) is 5.48. The smallest absolute Gasteiger partial charge is 0.326 e. The molecule has 0 saturated carbocycles. The van der Waals surface area contributed by atoms with Crippen molar-refractivity contribution in [1.29, 1.82) is 0 Å². The van der Waals surface area contributed by atoms with Crippen LogP contribution in [-0.4, -0.2) is 36.7 Å². The van der Waals surface area contributed by atoms with E-state index in [1.165, 1.54) is 7.11 Å². The molecule has 0 bridgehead atoms. The molecular formula is C19H21NO4. The van der Waals surface area contributed by atoms with Crippen LogP contribution < -0.4 is 5.32 Å². The number of carboxylic acid groups (broad SMARTS) is 1. The lowest BCUT2D eigenvalue weighted by atomic mass is 10.0. The van der Waals surface area contributed by atoms with Gasteiger partial charge in [0, 0.05) is 20.1 Å². The Hall–Kier alpha value is -2.66.